The summed E-state index contributed by atoms with van der Waals surface area (Å²) < 4.78 is 6.85. The van der Waals surface area contributed by atoms with Gasteiger partial charge >= 0.3 is 0 Å². The van der Waals surface area contributed by atoms with Crippen LogP contribution in [-0.2, 0) is 11.8 Å². The van der Waals surface area contributed by atoms with E-state index in [1.54, 1.807) is 42.1 Å². The molecule has 0 saturated heterocycles. The van der Waals surface area contributed by atoms with Gasteiger partial charge in [-0.1, -0.05) is 23.2 Å². The van der Waals surface area contributed by atoms with E-state index in [-0.39, 0.29) is 6.61 Å². The van der Waals surface area contributed by atoms with Gasteiger partial charge in [-0.05, 0) is 30.3 Å². The van der Waals surface area contributed by atoms with Gasteiger partial charge in [0.2, 0.25) is 0 Å². The molecule has 110 valence electrons. The van der Waals surface area contributed by atoms with Crippen molar-refractivity contribution >= 4 is 35.0 Å². The van der Waals surface area contributed by atoms with Gasteiger partial charge in [0.25, 0.3) is 11.8 Å². The Morgan fingerprint density at radius 3 is 2.67 bits per heavy atom. The lowest BCUT2D eigenvalue weighted by Crippen LogP contribution is -2.35. The molecule has 1 aromatic heterocycles. The van der Waals surface area contributed by atoms with Crippen LogP contribution < -0.4 is 10.1 Å². The van der Waals surface area contributed by atoms with Crippen LogP contribution in [0.5, 0.6) is 5.75 Å². The zero-order valence-electron chi connectivity index (χ0n) is 11.1. The number of imide groups is 1. The predicted octanol–water partition coefficient (Wildman–Crippen LogP) is 2.67. The highest BCUT2D eigenvalue weighted by atomic mass is 35.5. The quantitative estimate of drug-likeness (QED) is 0.939. The molecule has 1 aromatic carbocycles. The SMILES string of the molecule is Cn1cccc1C(=O)NC(=O)COc1ccc(Cl)cc1Cl. The average Bonchev–Trinajstić information content (AvgIpc) is 2.84. The first-order valence-electron chi connectivity index (χ1n) is 6.00. The van der Waals surface area contributed by atoms with Crippen molar-refractivity contribution in [2.45, 2.75) is 0 Å². The van der Waals surface area contributed by atoms with E-state index in [4.69, 9.17) is 27.9 Å². The van der Waals surface area contributed by atoms with E-state index >= 15 is 0 Å². The summed E-state index contributed by atoms with van der Waals surface area (Å²) in [5, 5.41) is 3.00. The summed E-state index contributed by atoms with van der Waals surface area (Å²) in [7, 11) is 1.71. The van der Waals surface area contributed by atoms with E-state index in [9.17, 15) is 9.59 Å². The molecule has 21 heavy (non-hydrogen) atoms. The Morgan fingerprint density at radius 1 is 1.29 bits per heavy atom. The van der Waals surface area contributed by atoms with Crippen molar-refractivity contribution in [3.05, 3.63) is 52.3 Å². The van der Waals surface area contributed by atoms with E-state index < -0.39 is 11.8 Å². The molecule has 0 aliphatic carbocycles. The summed E-state index contributed by atoms with van der Waals surface area (Å²) in [6.07, 6.45) is 1.71. The average molecular weight is 327 g/mol. The second-order valence-electron chi connectivity index (χ2n) is 4.25. The zero-order valence-corrected chi connectivity index (χ0v) is 12.6. The minimum Gasteiger partial charge on any atom is -0.482 e. The van der Waals surface area contributed by atoms with Crippen molar-refractivity contribution in [2.24, 2.45) is 7.05 Å². The molecule has 1 N–H and O–H groups in total. The Morgan fingerprint density at radius 2 is 2.05 bits per heavy atom. The monoisotopic (exact) mass is 326 g/mol. The second-order valence-corrected chi connectivity index (χ2v) is 5.09. The van der Waals surface area contributed by atoms with E-state index in [0.717, 1.165) is 0 Å². The lowest BCUT2D eigenvalue weighted by atomic mass is 10.3. The zero-order chi connectivity index (χ0) is 15.4. The number of hydrogen-bond acceptors (Lipinski definition) is 3. The summed E-state index contributed by atoms with van der Waals surface area (Å²) in [5.74, 6) is -0.729. The largest absolute Gasteiger partial charge is 0.482 e. The first-order chi connectivity index (χ1) is 9.97. The van der Waals surface area contributed by atoms with Gasteiger partial charge in [-0.15, -0.1) is 0 Å². The van der Waals surface area contributed by atoms with Crippen LogP contribution in [0.3, 0.4) is 0 Å². The number of carbonyl (C=O) groups excluding carboxylic acids is 2. The number of ether oxygens (including phenoxy) is 1. The number of hydrogen-bond donors (Lipinski definition) is 1. The summed E-state index contributed by atoms with van der Waals surface area (Å²) in [6, 6.07) is 7.97. The van der Waals surface area contributed by atoms with Crippen LogP contribution in [0.25, 0.3) is 0 Å². The lowest BCUT2D eigenvalue weighted by Gasteiger charge is -2.08. The molecule has 0 unspecified atom stereocenters. The fourth-order valence-electron chi connectivity index (χ4n) is 1.66. The number of amides is 2. The van der Waals surface area contributed by atoms with Crippen LogP contribution in [-0.4, -0.2) is 23.0 Å². The number of aryl methyl sites for hydroxylation is 1. The molecule has 0 aliphatic heterocycles. The molecule has 7 heteroatoms. The number of aromatic nitrogens is 1. The molecule has 0 aliphatic rings. The standard InChI is InChI=1S/C14H12Cl2N2O3/c1-18-6-2-3-11(18)14(20)17-13(19)8-21-12-5-4-9(15)7-10(12)16/h2-7H,8H2,1H3,(H,17,19,20). The molecule has 0 bridgehead atoms. The predicted molar refractivity (Wildman–Crippen MR) is 79.8 cm³/mol. The van der Waals surface area contributed by atoms with Crippen LogP contribution in [0.1, 0.15) is 10.5 Å². The Kier molecular flexibility index (Phi) is 4.88. The maximum atomic E-state index is 11.8. The fourth-order valence-corrected chi connectivity index (χ4v) is 2.12. The topological polar surface area (TPSA) is 60.3 Å². The van der Waals surface area contributed by atoms with E-state index in [0.29, 0.717) is 21.5 Å². The van der Waals surface area contributed by atoms with Crippen molar-refractivity contribution in [1.82, 2.24) is 9.88 Å². The van der Waals surface area contributed by atoms with Crippen LogP contribution >= 0.6 is 23.2 Å². The summed E-state index contributed by atoms with van der Waals surface area (Å²) in [5.41, 5.74) is 0.382. The smallest absolute Gasteiger partial charge is 0.274 e. The van der Waals surface area contributed by atoms with E-state index in [2.05, 4.69) is 5.32 Å². The van der Waals surface area contributed by atoms with Gasteiger partial charge in [0.15, 0.2) is 6.61 Å². The van der Waals surface area contributed by atoms with Crippen LogP contribution in [0.15, 0.2) is 36.5 Å². The van der Waals surface area contributed by atoms with Gasteiger partial charge in [-0.25, -0.2) is 0 Å². The molecule has 0 spiro atoms. The number of carbonyl (C=O) groups is 2. The maximum Gasteiger partial charge on any atom is 0.274 e. The highest BCUT2D eigenvalue weighted by molar-refractivity contribution is 6.35. The van der Waals surface area contributed by atoms with Crippen molar-refractivity contribution in [1.29, 1.82) is 0 Å². The lowest BCUT2D eigenvalue weighted by molar-refractivity contribution is -0.122. The first-order valence-corrected chi connectivity index (χ1v) is 6.76. The van der Waals surface area contributed by atoms with Gasteiger partial charge in [0, 0.05) is 18.3 Å². The normalized spacial score (nSPS) is 10.2. The minimum absolute atomic E-state index is 0.295. The van der Waals surface area contributed by atoms with Crippen molar-refractivity contribution in [3.8, 4) is 5.75 Å². The van der Waals surface area contributed by atoms with Gasteiger partial charge in [0.1, 0.15) is 11.4 Å². The highest BCUT2D eigenvalue weighted by Gasteiger charge is 2.13. The molecule has 0 fully saturated rings. The van der Waals surface area contributed by atoms with Crippen LogP contribution in [0.4, 0.5) is 0 Å². The Labute approximate surface area is 131 Å². The Bertz CT molecular complexity index is 683. The molecule has 5 nitrogen and oxygen atoms in total. The van der Waals surface area contributed by atoms with E-state index in [1.807, 2.05) is 0 Å². The third-order valence-corrected chi connectivity index (χ3v) is 3.21. The summed E-state index contributed by atoms with van der Waals surface area (Å²) in [4.78, 5) is 23.5. The third-order valence-electron chi connectivity index (χ3n) is 2.68. The summed E-state index contributed by atoms with van der Waals surface area (Å²) in [6.45, 7) is -0.322. The molecule has 0 saturated carbocycles. The minimum atomic E-state index is -0.563. The van der Waals surface area contributed by atoms with Crippen LogP contribution in [0, 0.1) is 0 Å². The van der Waals surface area contributed by atoms with Crippen LogP contribution in [0.2, 0.25) is 10.0 Å². The molecule has 0 atom stereocenters. The number of halogens is 2. The Hall–Kier alpha value is -1.98. The molecule has 2 aromatic rings. The van der Waals surface area contributed by atoms with Crippen molar-refractivity contribution in [3.63, 3.8) is 0 Å². The fraction of sp³-hybridized carbons (Fsp3) is 0.143. The molecule has 0 radical (unpaired) electrons. The Balaban J connectivity index is 1.90. The molecular formula is C14H12Cl2N2O3. The molecule has 2 amide bonds. The van der Waals surface area contributed by atoms with Gasteiger partial charge in [-0.2, -0.15) is 0 Å². The number of nitrogens with one attached hydrogen (secondary N) is 1. The first kappa shape index (κ1) is 15.4. The van der Waals surface area contributed by atoms with Gasteiger partial charge in [0.05, 0.1) is 5.02 Å². The number of nitrogens with zero attached hydrogens (tertiary/aromatic N) is 1. The van der Waals surface area contributed by atoms with Crippen molar-refractivity contribution < 1.29 is 14.3 Å². The van der Waals surface area contributed by atoms with Crippen molar-refractivity contribution in [2.75, 3.05) is 6.61 Å². The van der Waals surface area contributed by atoms with E-state index in [1.165, 1.54) is 6.07 Å². The van der Waals surface area contributed by atoms with Gasteiger partial charge in [-0.3, -0.25) is 14.9 Å². The molecule has 1 heterocycles. The highest BCUT2D eigenvalue weighted by Crippen LogP contribution is 2.27. The summed E-state index contributed by atoms with van der Waals surface area (Å²) >= 11 is 11.7. The molecular weight excluding hydrogens is 315 g/mol. The van der Waals surface area contributed by atoms with Gasteiger partial charge < -0.3 is 9.30 Å². The second kappa shape index (κ2) is 6.65. The maximum absolute atomic E-state index is 11.8. The third kappa shape index (κ3) is 4.00. The number of benzene rings is 1. The molecule has 2 rings (SSSR count). The number of rotatable bonds is 4.